The minimum atomic E-state index is -0.318. The van der Waals surface area contributed by atoms with E-state index in [0.717, 1.165) is 41.1 Å². The van der Waals surface area contributed by atoms with Gasteiger partial charge in [0.1, 0.15) is 5.00 Å². The van der Waals surface area contributed by atoms with Crippen molar-refractivity contribution in [3.63, 3.8) is 0 Å². The van der Waals surface area contributed by atoms with Crippen molar-refractivity contribution in [3.05, 3.63) is 44.8 Å². The zero-order chi connectivity index (χ0) is 18.8. The first-order valence-corrected chi connectivity index (χ1v) is 10.1. The third-order valence-corrected chi connectivity index (χ3v) is 6.19. The monoisotopic (exact) mass is 408 g/mol. The zero-order valence-electron chi connectivity index (χ0n) is 14.9. The molecule has 138 valence electrons. The standard InChI is InChI=1S/C19H21ClN2O2S2/c1-10-4-7-13-15(8-10)26-17(16(13)18(23)24-3)22-19(25)21-14-9-12(20)6-5-11(14)2/h5-6,9-10H,4,7-8H2,1-3H3,(H2,21,22,25). The predicted octanol–water partition coefficient (Wildman–Crippen LogP) is 5.43. The lowest BCUT2D eigenvalue weighted by molar-refractivity contribution is 0.0601. The van der Waals surface area contributed by atoms with Crippen molar-refractivity contribution in [2.24, 2.45) is 5.92 Å². The van der Waals surface area contributed by atoms with Crippen molar-refractivity contribution in [1.82, 2.24) is 0 Å². The number of halogens is 1. The van der Waals surface area contributed by atoms with Crippen LogP contribution < -0.4 is 10.6 Å². The summed E-state index contributed by atoms with van der Waals surface area (Å²) in [6.07, 6.45) is 2.96. The third-order valence-electron chi connectivity index (χ3n) is 4.58. The lowest BCUT2D eigenvalue weighted by Crippen LogP contribution is -2.21. The number of rotatable bonds is 3. The van der Waals surface area contributed by atoms with Gasteiger partial charge in [-0.25, -0.2) is 4.79 Å². The molecule has 1 unspecified atom stereocenters. The summed E-state index contributed by atoms with van der Waals surface area (Å²) in [4.78, 5) is 13.6. The van der Waals surface area contributed by atoms with Crippen LogP contribution in [0.5, 0.6) is 0 Å². The highest BCUT2D eigenvalue weighted by Crippen LogP contribution is 2.40. The molecule has 7 heteroatoms. The van der Waals surface area contributed by atoms with Crippen molar-refractivity contribution < 1.29 is 9.53 Å². The minimum Gasteiger partial charge on any atom is -0.465 e. The SMILES string of the molecule is COC(=O)c1c(NC(=S)Nc2cc(Cl)ccc2C)sc2c1CCC(C)C2. The van der Waals surface area contributed by atoms with Crippen LogP contribution in [-0.4, -0.2) is 18.2 Å². The summed E-state index contributed by atoms with van der Waals surface area (Å²) in [7, 11) is 1.41. The van der Waals surface area contributed by atoms with E-state index in [1.165, 1.54) is 12.0 Å². The van der Waals surface area contributed by atoms with Gasteiger partial charge in [-0.1, -0.05) is 24.6 Å². The van der Waals surface area contributed by atoms with E-state index in [9.17, 15) is 4.79 Å². The third kappa shape index (κ3) is 4.03. The molecule has 2 aromatic rings. The highest BCUT2D eigenvalue weighted by atomic mass is 35.5. The normalized spacial score (nSPS) is 15.9. The average molecular weight is 409 g/mol. The molecule has 3 rings (SSSR count). The molecule has 2 N–H and O–H groups in total. The maximum Gasteiger partial charge on any atom is 0.341 e. The first kappa shape index (κ1) is 19.1. The van der Waals surface area contributed by atoms with Gasteiger partial charge in [0.05, 0.1) is 12.7 Å². The van der Waals surface area contributed by atoms with E-state index in [0.29, 0.717) is 21.6 Å². The number of thiophene rings is 1. The summed E-state index contributed by atoms with van der Waals surface area (Å²) in [5, 5.41) is 8.15. The molecule has 4 nitrogen and oxygen atoms in total. The van der Waals surface area contributed by atoms with Gasteiger partial charge < -0.3 is 15.4 Å². The molecule has 1 aliphatic rings. The molecule has 1 heterocycles. The number of anilines is 2. The topological polar surface area (TPSA) is 50.4 Å². The van der Waals surface area contributed by atoms with Gasteiger partial charge in [0.15, 0.2) is 5.11 Å². The van der Waals surface area contributed by atoms with Crippen LogP contribution in [0.1, 0.15) is 39.7 Å². The van der Waals surface area contributed by atoms with E-state index in [1.54, 1.807) is 11.3 Å². The number of nitrogens with one attached hydrogen (secondary N) is 2. The van der Waals surface area contributed by atoms with Gasteiger partial charge in [-0.15, -0.1) is 11.3 Å². The quantitative estimate of drug-likeness (QED) is 0.523. The van der Waals surface area contributed by atoms with Crippen LogP contribution in [0, 0.1) is 12.8 Å². The molecule has 1 atom stereocenters. The number of thiocarbonyl (C=S) groups is 1. The number of hydrogen-bond donors (Lipinski definition) is 2. The Morgan fingerprint density at radius 2 is 2.15 bits per heavy atom. The summed E-state index contributed by atoms with van der Waals surface area (Å²) in [5.41, 5.74) is 3.59. The molecule has 0 saturated heterocycles. The molecule has 26 heavy (non-hydrogen) atoms. The van der Waals surface area contributed by atoms with E-state index in [-0.39, 0.29) is 5.97 Å². The number of aryl methyl sites for hydroxylation is 1. The van der Waals surface area contributed by atoms with Gasteiger partial charge in [0.2, 0.25) is 0 Å². The molecule has 1 aliphatic carbocycles. The van der Waals surface area contributed by atoms with Gasteiger partial charge in [-0.2, -0.15) is 0 Å². The second-order valence-electron chi connectivity index (χ2n) is 6.59. The molecule has 0 bridgehead atoms. The van der Waals surface area contributed by atoms with E-state index >= 15 is 0 Å². The summed E-state index contributed by atoms with van der Waals surface area (Å²) in [5.74, 6) is 0.306. The maximum absolute atomic E-state index is 12.4. The second-order valence-corrected chi connectivity index (χ2v) is 8.54. The fourth-order valence-corrected chi connectivity index (χ4v) is 4.99. The Labute approximate surface area is 167 Å². The second kappa shape index (κ2) is 7.94. The van der Waals surface area contributed by atoms with Crippen molar-refractivity contribution in [3.8, 4) is 0 Å². The predicted molar refractivity (Wildman–Crippen MR) is 113 cm³/mol. The molecule has 0 saturated carbocycles. The largest absolute Gasteiger partial charge is 0.465 e. The average Bonchev–Trinajstić information content (AvgIpc) is 2.94. The summed E-state index contributed by atoms with van der Waals surface area (Å²) >= 11 is 13.1. The molecular formula is C19H21ClN2O2S2. The number of ether oxygens (including phenoxy) is 1. The van der Waals surface area contributed by atoms with Gasteiger partial charge in [0.25, 0.3) is 0 Å². The number of carbonyl (C=O) groups is 1. The van der Waals surface area contributed by atoms with Crippen LogP contribution in [0.2, 0.25) is 5.02 Å². The summed E-state index contributed by atoms with van der Waals surface area (Å²) in [6, 6.07) is 5.59. The van der Waals surface area contributed by atoms with E-state index < -0.39 is 0 Å². The van der Waals surface area contributed by atoms with Crippen molar-refractivity contribution in [1.29, 1.82) is 0 Å². The first-order chi connectivity index (χ1) is 12.4. The molecule has 1 aromatic heterocycles. The number of hydrogen-bond acceptors (Lipinski definition) is 4. The van der Waals surface area contributed by atoms with Crippen LogP contribution in [0.4, 0.5) is 10.7 Å². The molecule has 0 spiro atoms. The van der Waals surface area contributed by atoms with Gasteiger partial charge in [0, 0.05) is 15.6 Å². The van der Waals surface area contributed by atoms with Gasteiger partial charge >= 0.3 is 5.97 Å². The Hall–Kier alpha value is -1.63. The Bertz CT molecular complexity index is 863. The fourth-order valence-electron chi connectivity index (χ4n) is 3.14. The number of fused-ring (bicyclic) bond motifs is 1. The first-order valence-electron chi connectivity index (χ1n) is 8.46. The smallest absolute Gasteiger partial charge is 0.341 e. The summed E-state index contributed by atoms with van der Waals surface area (Å²) in [6.45, 7) is 4.22. The Morgan fingerprint density at radius 3 is 2.88 bits per heavy atom. The molecule has 1 aromatic carbocycles. The van der Waals surface area contributed by atoms with Crippen molar-refractivity contribution in [2.45, 2.75) is 33.1 Å². The van der Waals surface area contributed by atoms with Crippen LogP contribution in [0.15, 0.2) is 18.2 Å². The fraction of sp³-hybridized carbons (Fsp3) is 0.368. The minimum absolute atomic E-state index is 0.318. The van der Waals surface area contributed by atoms with Crippen molar-refractivity contribution in [2.75, 3.05) is 17.7 Å². The van der Waals surface area contributed by atoms with E-state index in [2.05, 4.69) is 17.6 Å². The van der Waals surface area contributed by atoms with E-state index in [1.807, 2.05) is 25.1 Å². The Kier molecular flexibility index (Phi) is 5.85. The lowest BCUT2D eigenvalue weighted by Gasteiger charge is -2.18. The van der Waals surface area contributed by atoms with Crippen LogP contribution in [0.25, 0.3) is 0 Å². The maximum atomic E-state index is 12.4. The molecular weight excluding hydrogens is 388 g/mol. The van der Waals surface area contributed by atoms with Crippen LogP contribution >= 0.6 is 35.2 Å². The molecule has 0 aliphatic heterocycles. The van der Waals surface area contributed by atoms with Crippen LogP contribution in [0.3, 0.4) is 0 Å². The number of benzene rings is 1. The zero-order valence-corrected chi connectivity index (χ0v) is 17.3. The highest BCUT2D eigenvalue weighted by molar-refractivity contribution is 7.80. The lowest BCUT2D eigenvalue weighted by atomic mass is 9.88. The number of esters is 1. The highest BCUT2D eigenvalue weighted by Gasteiger charge is 2.28. The number of methoxy groups -OCH3 is 1. The molecule has 0 fully saturated rings. The number of carbonyl (C=O) groups excluding carboxylic acids is 1. The molecule has 0 radical (unpaired) electrons. The van der Waals surface area contributed by atoms with Crippen molar-refractivity contribution >= 4 is 56.9 Å². The van der Waals surface area contributed by atoms with Gasteiger partial charge in [-0.3, -0.25) is 0 Å². The summed E-state index contributed by atoms with van der Waals surface area (Å²) < 4.78 is 5.01. The molecule has 0 amide bonds. The Morgan fingerprint density at radius 1 is 1.38 bits per heavy atom. The van der Waals surface area contributed by atoms with Gasteiger partial charge in [-0.05, 0) is 67.6 Å². The Balaban J connectivity index is 1.86. The van der Waals surface area contributed by atoms with Crippen LogP contribution in [-0.2, 0) is 17.6 Å². The van der Waals surface area contributed by atoms with E-state index in [4.69, 9.17) is 28.6 Å².